The Morgan fingerprint density at radius 2 is 1.75 bits per heavy atom. The molecule has 0 aromatic heterocycles. The zero-order valence-electron chi connectivity index (χ0n) is 19.9. The first-order chi connectivity index (χ1) is 17.5. The molecule has 4 nitrogen and oxygen atoms in total. The Balaban J connectivity index is 1.15. The lowest BCUT2D eigenvalue weighted by Gasteiger charge is -2.39. The smallest absolute Gasteiger partial charge is 0.239 e. The number of carbonyl (C=O) groups is 1. The summed E-state index contributed by atoms with van der Waals surface area (Å²) >= 11 is 6.60. The number of benzene rings is 3. The molecule has 9 rings (SSSR count). The molecule has 0 radical (unpaired) electrons. The van der Waals surface area contributed by atoms with E-state index in [9.17, 15) is 4.79 Å². The minimum absolute atomic E-state index is 0.0161. The highest BCUT2D eigenvalue weighted by molar-refractivity contribution is 8.24. The third-order valence-electron chi connectivity index (χ3n) is 9.39. The van der Waals surface area contributed by atoms with Crippen LogP contribution in [0.25, 0.3) is 21.9 Å². The van der Waals surface area contributed by atoms with Crippen LogP contribution >= 0.6 is 24.0 Å². The summed E-state index contributed by atoms with van der Waals surface area (Å²) in [5, 5.41) is 5.00. The molecule has 3 unspecified atom stereocenters. The number of amides is 1. The van der Waals surface area contributed by atoms with Crippen LogP contribution in [0.3, 0.4) is 0 Å². The van der Waals surface area contributed by atoms with E-state index in [2.05, 4.69) is 53.8 Å². The Morgan fingerprint density at radius 1 is 0.944 bits per heavy atom. The lowest BCUT2D eigenvalue weighted by Crippen LogP contribution is -2.31. The summed E-state index contributed by atoms with van der Waals surface area (Å²) in [6.45, 7) is 0.320. The molecular formula is C30H27NO3S2. The normalized spacial score (nSPS) is 31.6. The molecule has 2 aliphatic heterocycles. The Labute approximate surface area is 220 Å². The molecule has 3 aromatic carbocycles. The maximum Gasteiger partial charge on any atom is 0.239 e. The molecule has 4 bridgehead atoms. The van der Waals surface area contributed by atoms with Crippen molar-refractivity contribution in [1.29, 1.82) is 0 Å². The third-order valence-corrected chi connectivity index (χ3v) is 10.8. The molecular weight excluding hydrogens is 486 g/mol. The van der Waals surface area contributed by atoms with E-state index in [1.165, 1.54) is 71.3 Å². The molecule has 3 aromatic rings. The number of carbonyl (C=O) groups excluding carboxylic acids is 1. The molecule has 2 heterocycles. The first kappa shape index (κ1) is 21.5. The van der Waals surface area contributed by atoms with Gasteiger partial charge in [0.1, 0.15) is 4.32 Å². The number of thiocarbonyl (C=S) groups is 1. The van der Waals surface area contributed by atoms with E-state index in [-0.39, 0.29) is 16.6 Å². The first-order valence-corrected chi connectivity index (χ1v) is 14.3. The number of ether oxygens (including phenoxy) is 2. The Morgan fingerprint density at radius 3 is 2.53 bits per heavy atom. The second kappa shape index (κ2) is 7.72. The molecule has 3 atom stereocenters. The van der Waals surface area contributed by atoms with Crippen molar-refractivity contribution in [3.63, 3.8) is 0 Å². The van der Waals surface area contributed by atoms with Gasteiger partial charge in [0.15, 0.2) is 11.5 Å². The number of thioether (sulfide) groups is 1. The van der Waals surface area contributed by atoms with Crippen LogP contribution in [-0.4, -0.2) is 22.3 Å². The summed E-state index contributed by atoms with van der Waals surface area (Å²) in [6.07, 6.45) is 7.50. The van der Waals surface area contributed by atoms with Gasteiger partial charge in [0, 0.05) is 5.56 Å². The standard InChI is InChI=1S/C30H27NO3S2/c32-28-26(36-29(35)31-28)8-16-1-2-19-9-20(4-3-18(19)5-16)21-10-24(27-25(11-21)33-15-34-27)30-12-17-6-22(13-30)23(7-17)14-30/h1-5,9-11,17,22-23,26H,6-8,12-15H2,(H,31,32,35). The average Bonchev–Trinajstić information content (AvgIpc) is 3.60. The van der Waals surface area contributed by atoms with Gasteiger partial charge in [0.2, 0.25) is 12.7 Å². The van der Waals surface area contributed by atoms with Crippen LogP contribution in [0.15, 0.2) is 48.5 Å². The zero-order valence-corrected chi connectivity index (χ0v) is 21.6. The van der Waals surface area contributed by atoms with E-state index in [1.54, 1.807) is 0 Å². The van der Waals surface area contributed by atoms with E-state index >= 15 is 0 Å². The lowest BCUT2D eigenvalue weighted by atomic mass is 9.65. The Hall–Kier alpha value is -2.57. The van der Waals surface area contributed by atoms with Gasteiger partial charge >= 0.3 is 0 Å². The number of rotatable bonds is 4. The van der Waals surface area contributed by atoms with Crippen LogP contribution < -0.4 is 14.8 Å². The summed E-state index contributed by atoms with van der Waals surface area (Å²) < 4.78 is 12.6. The average molecular weight is 514 g/mol. The maximum atomic E-state index is 12.1. The Kier molecular flexibility index (Phi) is 4.61. The highest BCUT2D eigenvalue weighted by atomic mass is 32.2. The van der Waals surface area contributed by atoms with Crippen LogP contribution in [-0.2, 0) is 16.6 Å². The molecule has 4 aliphatic carbocycles. The van der Waals surface area contributed by atoms with Gasteiger partial charge in [-0.05, 0) is 107 Å². The minimum Gasteiger partial charge on any atom is -0.454 e. The number of nitrogens with one attached hydrogen (secondary N) is 1. The monoisotopic (exact) mass is 513 g/mol. The highest BCUT2D eigenvalue weighted by Gasteiger charge is 2.57. The van der Waals surface area contributed by atoms with Gasteiger partial charge in [0.25, 0.3) is 0 Å². The summed E-state index contributed by atoms with van der Waals surface area (Å²) in [5.41, 5.74) is 5.24. The molecule has 0 spiro atoms. The summed E-state index contributed by atoms with van der Waals surface area (Å²) in [4.78, 5) is 12.1. The SMILES string of the molecule is O=C1NC(=S)SC1Cc1ccc2cc(-c3cc4c(c(C56CC7CC(C5)C(C7)C6)c3)OCO4)ccc2c1. The number of fused-ring (bicyclic) bond motifs is 2. The van der Waals surface area contributed by atoms with E-state index < -0.39 is 0 Å². The van der Waals surface area contributed by atoms with Crippen molar-refractivity contribution in [1.82, 2.24) is 5.32 Å². The predicted molar refractivity (Wildman–Crippen MR) is 147 cm³/mol. The van der Waals surface area contributed by atoms with Crippen LogP contribution in [0, 0.1) is 17.8 Å². The quantitative estimate of drug-likeness (QED) is 0.411. The van der Waals surface area contributed by atoms with Gasteiger partial charge in [-0.25, -0.2) is 0 Å². The van der Waals surface area contributed by atoms with Crippen molar-refractivity contribution < 1.29 is 14.3 Å². The van der Waals surface area contributed by atoms with Gasteiger partial charge < -0.3 is 14.8 Å². The van der Waals surface area contributed by atoms with Crippen molar-refractivity contribution >= 4 is 45.0 Å². The zero-order chi connectivity index (χ0) is 24.0. The molecule has 4 saturated carbocycles. The molecule has 1 amide bonds. The van der Waals surface area contributed by atoms with Gasteiger partial charge in [0.05, 0.1) is 5.25 Å². The van der Waals surface area contributed by atoms with Crippen LogP contribution in [0.5, 0.6) is 11.5 Å². The second-order valence-electron chi connectivity index (χ2n) is 11.5. The topological polar surface area (TPSA) is 47.6 Å². The highest BCUT2D eigenvalue weighted by Crippen LogP contribution is 2.66. The molecule has 6 aliphatic rings. The van der Waals surface area contributed by atoms with E-state index in [4.69, 9.17) is 21.7 Å². The summed E-state index contributed by atoms with van der Waals surface area (Å²) in [6, 6.07) is 17.8. The van der Waals surface area contributed by atoms with Crippen molar-refractivity contribution in [3.05, 3.63) is 59.7 Å². The van der Waals surface area contributed by atoms with Crippen molar-refractivity contribution in [2.45, 2.75) is 49.2 Å². The maximum absolute atomic E-state index is 12.1. The van der Waals surface area contributed by atoms with Crippen molar-refractivity contribution in [2.75, 3.05) is 6.79 Å². The van der Waals surface area contributed by atoms with Gasteiger partial charge in [-0.15, -0.1) is 0 Å². The first-order valence-electron chi connectivity index (χ1n) is 13.0. The summed E-state index contributed by atoms with van der Waals surface area (Å²) in [7, 11) is 0. The van der Waals surface area contributed by atoms with Crippen LogP contribution in [0.4, 0.5) is 0 Å². The van der Waals surface area contributed by atoms with Crippen molar-refractivity contribution in [3.8, 4) is 22.6 Å². The fourth-order valence-corrected chi connectivity index (χ4v) is 9.36. The predicted octanol–water partition coefficient (Wildman–Crippen LogP) is 6.37. The van der Waals surface area contributed by atoms with Crippen molar-refractivity contribution in [2.24, 2.45) is 17.8 Å². The fraction of sp³-hybridized carbons (Fsp3) is 0.400. The van der Waals surface area contributed by atoms with Gasteiger partial charge in [-0.2, -0.15) is 0 Å². The molecule has 182 valence electrons. The molecule has 1 saturated heterocycles. The molecule has 1 N–H and O–H groups in total. The second-order valence-corrected chi connectivity index (χ2v) is 13.4. The Bertz CT molecular complexity index is 1450. The minimum atomic E-state index is -0.137. The molecule has 5 fully saturated rings. The lowest BCUT2D eigenvalue weighted by molar-refractivity contribution is -0.118. The summed E-state index contributed by atoms with van der Waals surface area (Å²) in [5.74, 6) is 4.62. The van der Waals surface area contributed by atoms with E-state index in [1.807, 2.05) is 0 Å². The fourth-order valence-electron chi connectivity index (χ4n) is 8.05. The number of hydrogen-bond acceptors (Lipinski definition) is 5. The van der Waals surface area contributed by atoms with Crippen LogP contribution in [0.2, 0.25) is 0 Å². The molecule has 36 heavy (non-hydrogen) atoms. The van der Waals surface area contributed by atoms with Gasteiger partial charge in [-0.3, -0.25) is 4.79 Å². The third kappa shape index (κ3) is 3.26. The van der Waals surface area contributed by atoms with Crippen LogP contribution in [0.1, 0.15) is 43.2 Å². The number of hydrogen-bond donors (Lipinski definition) is 1. The van der Waals surface area contributed by atoms with Gasteiger partial charge in [-0.1, -0.05) is 54.3 Å². The van der Waals surface area contributed by atoms with E-state index in [0.717, 1.165) is 34.8 Å². The molecule has 6 heteroatoms. The van der Waals surface area contributed by atoms with E-state index in [0.29, 0.717) is 17.5 Å². The largest absolute Gasteiger partial charge is 0.454 e.